The van der Waals surface area contributed by atoms with Gasteiger partial charge >= 0.3 is 5.69 Å². The molecule has 0 saturated carbocycles. The van der Waals surface area contributed by atoms with Gasteiger partial charge in [-0.05, 0) is 34.5 Å². The van der Waals surface area contributed by atoms with Gasteiger partial charge in [-0.2, -0.15) is 5.10 Å². The van der Waals surface area contributed by atoms with E-state index in [-0.39, 0.29) is 5.69 Å². The number of aryl methyl sites for hydroxylation is 1. The lowest BCUT2D eigenvalue weighted by atomic mass is 10.3. The molecule has 0 unspecified atom stereocenters. The quantitative estimate of drug-likeness (QED) is 0.625. The molecule has 82 valence electrons. The molecule has 2 rings (SSSR count). The summed E-state index contributed by atoms with van der Waals surface area (Å²) in [5.41, 5.74) is 0.929. The first-order valence-corrected chi connectivity index (χ1v) is 5.19. The van der Waals surface area contributed by atoms with Crippen molar-refractivity contribution in [2.24, 2.45) is 0 Å². The van der Waals surface area contributed by atoms with Crippen LogP contribution < -0.4 is 0 Å². The van der Waals surface area contributed by atoms with Gasteiger partial charge in [0.25, 0.3) is 0 Å². The van der Waals surface area contributed by atoms with Crippen molar-refractivity contribution in [3.63, 3.8) is 0 Å². The largest absolute Gasteiger partial charge is 0.307 e. The Balaban J connectivity index is 2.50. The predicted octanol–water partition coefficient (Wildman–Crippen LogP) is 2.25. The number of nitro groups is 1. The van der Waals surface area contributed by atoms with Crippen molar-refractivity contribution in [1.82, 2.24) is 14.8 Å². The normalized spacial score (nSPS) is 10.4. The van der Waals surface area contributed by atoms with Crippen LogP contribution in [0.15, 0.2) is 29.1 Å². The van der Waals surface area contributed by atoms with E-state index in [0.717, 1.165) is 10.0 Å². The Hall–Kier alpha value is -1.76. The molecule has 0 bridgehead atoms. The summed E-state index contributed by atoms with van der Waals surface area (Å²) in [6.45, 7) is 1.91. The fourth-order valence-electron chi connectivity index (χ4n) is 1.21. The van der Waals surface area contributed by atoms with Crippen molar-refractivity contribution < 1.29 is 4.92 Å². The highest BCUT2D eigenvalue weighted by molar-refractivity contribution is 9.10. The van der Waals surface area contributed by atoms with E-state index in [1.807, 2.05) is 13.0 Å². The van der Waals surface area contributed by atoms with Gasteiger partial charge in [-0.15, -0.1) is 0 Å². The van der Waals surface area contributed by atoms with Crippen LogP contribution in [0.4, 0.5) is 5.69 Å². The number of hydrogen-bond acceptors (Lipinski definition) is 4. The molecular formula is C9H7BrN4O2. The lowest BCUT2D eigenvalue weighted by Gasteiger charge is -2.04. The molecule has 0 radical (unpaired) electrons. The number of aromatic nitrogens is 3. The molecule has 16 heavy (non-hydrogen) atoms. The Kier molecular flexibility index (Phi) is 2.69. The second-order valence-electron chi connectivity index (χ2n) is 3.17. The Morgan fingerprint density at radius 1 is 1.56 bits per heavy atom. The SMILES string of the molecule is Cc1ccnc(-n2cc([N+](=O)[O-])cn2)c1Br. The average Bonchev–Trinajstić information content (AvgIpc) is 2.71. The monoisotopic (exact) mass is 282 g/mol. The van der Waals surface area contributed by atoms with E-state index >= 15 is 0 Å². The second-order valence-corrected chi connectivity index (χ2v) is 3.96. The molecule has 2 aromatic rings. The zero-order valence-corrected chi connectivity index (χ0v) is 9.88. The molecule has 0 atom stereocenters. The second kappa shape index (κ2) is 4.01. The highest BCUT2D eigenvalue weighted by Crippen LogP contribution is 2.23. The van der Waals surface area contributed by atoms with Crippen molar-refractivity contribution in [2.75, 3.05) is 0 Å². The molecule has 2 heterocycles. The van der Waals surface area contributed by atoms with Gasteiger partial charge in [-0.25, -0.2) is 9.67 Å². The third-order valence-electron chi connectivity index (χ3n) is 2.06. The molecule has 0 aromatic carbocycles. The summed E-state index contributed by atoms with van der Waals surface area (Å²) >= 11 is 3.37. The average molecular weight is 283 g/mol. The first kappa shape index (κ1) is 10.7. The molecule has 2 aromatic heterocycles. The number of hydrogen-bond donors (Lipinski definition) is 0. The van der Waals surface area contributed by atoms with Crippen LogP contribution in [-0.4, -0.2) is 19.7 Å². The maximum atomic E-state index is 10.5. The zero-order valence-electron chi connectivity index (χ0n) is 8.29. The van der Waals surface area contributed by atoms with Gasteiger partial charge < -0.3 is 0 Å². The zero-order chi connectivity index (χ0) is 11.7. The summed E-state index contributed by atoms with van der Waals surface area (Å²) in [5.74, 6) is 0.535. The lowest BCUT2D eigenvalue weighted by molar-refractivity contribution is -0.384. The van der Waals surface area contributed by atoms with E-state index in [9.17, 15) is 10.1 Å². The van der Waals surface area contributed by atoms with E-state index in [2.05, 4.69) is 26.0 Å². The minimum atomic E-state index is -0.493. The Bertz CT molecular complexity index is 552. The number of nitrogens with zero attached hydrogens (tertiary/aromatic N) is 4. The van der Waals surface area contributed by atoms with Crippen LogP contribution in [0.25, 0.3) is 5.82 Å². The number of pyridine rings is 1. The summed E-state index contributed by atoms with van der Waals surface area (Å²) in [5, 5.41) is 14.4. The van der Waals surface area contributed by atoms with Crippen LogP contribution in [-0.2, 0) is 0 Å². The highest BCUT2D eigenvalue weighted by atomic mass is 79.9. The van der Waals surface area contributed by atoms with Crippen LogP contribution in [0.2, 0.25) is 0 Å². The molecule has 0 saturated heterocycles. The van der Waals surface area contributed by atoms with Gasteiger partial charge in [0, 0.05) is 6.20 Å². The maximum Gasteiger partial charge on any atom is 0.307 e. The molecule has 0 amide bonds. The Morgan fingerprint density at radius 3 is 2.94 bits per heavy atom. The Labute approximate surface area is 99.2 Å². The molecule has 6 nitrogen and oxygen atoms in total. The molecule has 0 N–H and O–H groups in total. The van der Waals surface area contributed by atoms with E-state index < -0.39 is 4.92 Å². The first-order chi connectivity index (χ1) is 7.59. The van der Waals surface area contributed by atoms with Gasteiger partial charge in [0.15, 0.2) is 5.82 Å². The molecule has 0 spiro atoms. The van der Waals surface area contributed by atoms with Crippen molar-refractivity contribution in [1.29, 1.82) is 0 Å². The summed E-state index contributed by atoms with van der Waals surface area (Å²) in [6.07, 6.45) is 4.14. The molecule has 0 fully saturated rings. The first-order valence-electron chi connectivity index (χ1n) is 4.40. The van der Waals surface area contributed by atoms with Gasteiger partial charge in [0.05, 0.1) is 9.40 Å². The molecule has 0 aliphatic heterocycles. The maximum absolute atomic E-state index is 10.5. The summed E-state index contributed by atoms with van der Waals surface area (Å²) in [7, 11) is 0. The molecule has 7 heteroatoms. The Morgan fingerprint density at radius 2 is 2.31 bits per heavy atom. The van der Waals surface area contributed by atoms with Gasteiger partial charge in [-0.3, -0.25) is 10.1 Å². The lowest BCUT2D eigenvalue weighted by Crippen LogP contribution is -1.99. The summed E-state index contributed by atoms with van der Waals surface area (Å²) in [6, 6.07) is 1.84. The van der Waals surface area contributed by atoms with E-state index in [0.29, 0.717) is 5.82 Å². The van der Waals surface area contributed by atoms with Crippen LogP contribution in [0.5, 0.6) is 0 Å². The smallest absolute Gasteiger partial charge is 0.258 e. The predicted molar refractivity (Wildman–Crippen MR) is 60.5 cm³/mol. The van der Waals surface area contributed by atoms with Crippen LogP contribution in [0.3, 0.4) is 0 Å². The van der Waals surface area contributed by atoms with Crippen LogP contribution >= 0.6 is 15.9 Å². The third kappa shape index (κ3) is 1.81. The summed E-state index contributed by atoms with van der Waals surface area (Å²) in [4.78, 5) is 14.1. The van der Waals surface area contributed by atoms with Gasteiger partial charge in [0.2, 0.25) is 0 Å². The molecule has 0 aliphatic rings. The topological polar surface area (TPSA) is 73.8 Å². The van der Waals surface area contributed by atoms with E-state index in [4.69, 9.17) is 0 Å². The van der Waals surface area contributed by atoms with E-state index in [1.165, 1.54) is 17.1 Å². The fraction of sp³-hybridized carbons (Fsp3) is 0.111. The summed E-state index contributed by atoms with van der Waals surface area (Å²) < 4.78 is 2.14. The fourth-order valence-corrected chi connectivity index (χ4v) is 1.63. The number of halogens is 1. The van der Waals surface area contributed by atoms with E-state index in [1.54, 1.807) is 6.20 Å². The number of rotatable bonds is 2. The van der Waals surface area contributed by atoms with Crippen molar-refractivity contribution in [3.05, 3.63) is 44.8 Å². The molecule has 0 aliphatic carbocycles. The van der Waals surface area contributed by atoms with Crippen molar-refractivity contribution in [2.45, 2.75) is 6.92 Å². The van der Waals surface area contributed by atoms with Crippen molar-refractivity contribution in [3.8, 4) is 5.82 Å². The van der Waals surface area contributed by atoms with Gasteiger partial charge in [-0.1, -0.05) is 0 Å². The molecular weight excluding hydrogens is 276 g/mol. The standard InChI is InChI=1S/C9H7BrN4O2/c1-6-2-3-11-9(8(6)10)13-5-7(4-12-13)14(15)16/h2-5H,1H3. The van der Waals surface area contributed by atoms with Crippen LogP contribution in [0.1, 0.15) is 5.56 Å². The van der Waals surface area contributed by atoms with Gasteiger partial charge in [0.1, 0.15) is 12.4 Å². The highest BCUT2D eigenvalue weighted by Gasteiger charge is 2.13. The minimum Gasteiger partial charge on any atom is -0.258 e. The minimum absolute atomic E-state index is 0.0600. The van der Waals surface area contributed by atoms with Crippen LogP contribution in [0, 0.1) is 17.0 Å². The van der Waals surface area contributed by atoms with Crippen molar-refractivity contribution >= 4 is 21.6 Å². The third-order valence-corrected chi connectivity index (χ3v) is 3.04.